The molecule has 0 aliphatic heterocycles. The van der Waals surface area contributed by atoms with Crippen LogP contribution in [0.4, 0.5) is 0 Å². The summed E-state index contributed by atoms with van der Waals surface area (Å²) in [6.45, 7) is 1.64. The first-order valence-electron chi connectivity index (χ1n) is 3.82. The van der Waals surface area contributed by atoms with Crippen LogP contribution in [0.5, 0.6) is 0 Å². The maximum Gasteiger partial charge on any atom is 0.314 e. The van der Waals surface area contributed by atoms with Gasteiger partial charge in [0, 0.05) is 0 Å². The lowest BCUT2D eigenvalue weighted by Crippen LogP contribution is -2.23. The van der Waals surface area contributed by atoms with Crippen LogP contribution < -0.4 is 0 Å². The second kappa shape index (κ2) is 3.84. The molecule has 1 heterocycles. The Morgan fingerprint density at radius 3 is 2.77 bits per heavy atom. The van der Waals surface area contributed by atoms with Crippen molar-refractivity contribution >= 4 is 11.8 Å². The number of carbonyl (C=O) groups excluding carboxylic acids is 1. The summed E-state index contributed by atoms with van der Waals surface area (Å²) in [5.74, 6) is -2.66. The Labute approximate surface area is 74.4 Å². The van der Waals surface area contributed by atoms with Crippen molar-refractivity contribution in [1.29, 1.82) is 0 Å². The molecular formula is C8H9NO4. The Morgan fingerprint density at radius 1 is 1.69 bits per heavy atom. The Balaban J connectivity index is 2.83. The van der Waals surface area contributed by atoms with Crippen molar-refractivity contribution in [2.75, 3.05) is 0 Å². The van der Waals surface area contributed by atoms with E-state index in [1.165, 1.54) is 0 Å². The molecule has 0 radical (unpaired) electrons. The van der Waals surface area contributed by atoms with E-state index in [2.05, 4.69) is 9.40 Å². The van der Waals surface area contributed by atoms with Gasteiger partial charge in [0.1, 0.15) is 17.9 Å². The molecule has 0 aromatic carbocycles. The number of hydrogen-bond acceptors (Lipinski definition) is 4. The average molecular weight is 183 g/mol. The van der Waals surface area contributed by atoms with Gasteiger partial charge in [-0.05, 0) is 6.42 Å². The smallest absolute Gasteiger partial charge is 0.314 e. The minimum atomic E-state index is -1.13. The van der Waals surface area contributed by atoms with E-state index >= 15 is 0 Å². The minimum absolute atomic E-state index is 0.0641. The summed E-state index contributed by atoms with van der Waals surface area (Å²) < 4.78 is 4.59. The molecule has 0 saturated carbocycles. The highest BCUT2D eigenvalue weighted by Gasteiger charge is 2.26. The molecule has 1 atom stereocenters. The number of rotatable bonds is 4. The number of nitrogens with zero attached hydrogens (tertiary/aromatic N) is 1. The highest BCUT2D eigenvalue weighted by atomic mass is 16.4. The van der Waals surface area contributed by atoms with Gasteiger partial charge >= 0.3 is 5.97 Å². The van der Waals surface area contributed by atoms with Gasteiger partial charge in [0.15, 0.2) is 12.2 Å². The molecule has 1 aromatic heterocycles. The number of aromatic nitrogens is 1. The molecule has 5 heteroatoms. The molecule has 1 aromatic rings. The van der Waals surface area contributed by atoms with E-state index in [1.807, 2.05) is 0 Å². The summed E-state index contributed by atoms with van der Waals surface area (Å²) in [6.07, 6.45) is 2.50. The first-order chi connectivity index (χ1) is 6.16. The zero-order valence-electron chi connectivity index (χ0n) is 7.06. The number of hydrogen-bond donors (Lipinski definition) is 1. The Bertz CT molecular complexity index is 304. The van der Waals surface area contributed by atoms with Crippen molar-refractivity contribution in [3.63, 3.8) is 0 Å². The third-order valence-corrected chi connectivity index (χ3v) is 1.71. The summed E-state index contributed by atoms with van der Waals surface area (Å²) in [5, 5.41) is 8.66. The van der Waals surface area contributed by atoms with Crippen molar-refractivity contribution in [3.8, 4) is 0 Å². The molecule has 0 spiro atoms. The second-order valence-corrected chi connectivity index (χ2v) is 2.54. The predicted octanol–water partition coefficient (Wildman–Crippen LogP) is 0.968. The van der Waals surface area contributed by atoms with Crippen LogP contribution >= 0.6 is 0 Å². The summed E-state index contributed by atoms with van der Waals surface area (Å²) in [4.78, 5) is 25.6. The van der Waals surface area contributed by atoms with Gasteiger partial charge in [-0.15, -0.1) is 0 Å². The first kappa shape index (κ1) is 9.44. The third kappa shape index (κ3) is 1.93. The molecule has 13 heavy (non-hydrogen) atoms. The fourth-order valence-electron chi connectivity index (χ4n) is 0.985. The third-order valence-electron chi connectivity index (χ3n) is 1.71. The average Bonchev–Trinajstić information content (AvgIpc) is 2.56. The van der Waals surface area contributed by atoms with E-state index in [0.717, 1.165) is 12.7 Å². The summed E-state index contributed by atoms with van der Waals surface area (Å²) in [7, 11) is 0. The van der Waals surface area contributed by atoms with Crippen molar-refractivity contribution in [2.24, 2.45) is 5.92 Å². The predicted molar refractivity (Wildman–Crippen MR) is 42.3 cm³/mol. The van der Waals surface area contributed by atoms with Crippen LogP contribution in [0.1, 0.15) is 23.8 Å². The molecule has 0 aliphatic rings. The second-order valence-electron chi connectivity index (χ2n) is 2.54. The quantitative estimate of drug-likeness (QED) is 0.555. The normalized spacial score (nSPS) is 12.4. The largest absolute Gasteiger partial charge is 0.481 e. The monoisotopic (exact) mass is 183 g/mol. The van der Waals surface area contributed by atoms with E-state index < -0.39 is 17.7 Å². The maximum absolute atomic E-state index is 11.4. The van der Waals surface area contributed by atoms with Crippen LogP contribution in [-0.4, -0.2) is 21.8 Å². The number of ketones is 1. The molecule has 0 saturated heterocycles. The highest BCUT2D eigenvalue weighted by Crippen LogP contribution is 2.10. The summed E-state index contributed by atoms with van der Waals surface area (Å²) >= 11 is 0. The van der Waals surface area contributed by atoms with Gasteiger partial charge in [-0.2, -0.15) is 0 Å². The van der Waals surface area contributed by atoms with Gasteiger partial charge in [-0.3, -0.25) is 9.59 Å². The standard InChI is InChI=1S/C8H9NO4/c1-2-5(8(11)12)7(10)6-3-13-4-9-6/h3-5H,2H2,1H3,(H,11,12). The Kier molecular flexibility index (Phi) is 2.79. The first-order valence-corrected chi connectivity index (χ1v) is 3.82. The molecule has 0 amide bonds. The molecule has 5 nitrogen and oxygen atoms in total. The summed E-state index contributed by atoms with van der Waals surface area (Å²) in [6, 6.07) is 0. The van der Waals surface area contributed by atoms with Gasteiger partial charge in [0.2, 0.25) is 0 Å². The van der Waals surface area contributed by atoms with Gasteiger partial charge in [0.05, 0.1) is 0 Å². The number of carbonyl (C=O) groups is 2. The number of oxazole rings is 1. The van der Waals surface area contributed by atoms with Gasteiger partial charge in [0.25, 0.3) is 0 Å². The number of Topliss-reactive ketones (excluding diaryl/α,β-unsaturated/α-hetero) is 1. The van der Waals surface area contributed by atoms with Gasteiger partial charge < -0.3 is 9.52 Å². The molecule has 0 fully saturated rings. The lowest BCUT2D eigenvalue weighted by atomic mass is 10.00. The topological polar surface area (TPSA) is 80.4 Å². The number of aliphatic carboxylic acids is 1. The van der Waals surface area contributed by atoms with Crippen molar-refractivity contribution < 1.29 is 19.1 Å². The van der Waals surface area contributed by atoms with Gasteiger partial charge in [-0.1, -0.05) is 6.92 Å². The lowest BCUT2D eigenvalue weighted by molar-refractivity contribution is -0.140. The van der Waals surface area contributed by atoms with E-state index in [-0.39, 0.29) is 12.1 Å². The van der Waals surface area contributed by atoms with Crippen LogP contribution in [0, 0.1) is 5.92 Å². The SMILES string of the molecule is CCC(C(=O)O)C(=O)c1cocn1. The van der Waals surface area contributed by atoms with E-state index in [9.17, 15) is 9.59 Å². The Morgan fingerprint density at radius 2 is 2.38 bits per heavy atom. The fourth-order valence-corrected chi connectivity index (χ4v) is 0.985. The molecule has 1 N–H and O–H groups in total. The molecule has 0 aliphatic carbocycles. The van der Waals surface area contributed by atoms with Crippen LogP contribution in [0.15, 0.2) is 17.1 Å². The lowest BCUT2D eigenvalue weighted by Gasteiger charge is -2.04. The Hall–Kier alpha value is -1.65. The van der Waals surface area contributed by atoms with E-state index in [0.29, 0.717) is 0 Å². The van der Waals surface area contributed by atoms with E-state index in [4.69, 9.17) is 5.11 Å². The van der Waals surface area contributed by atoms with Crippen LogP contribution in [-0.2, 0) is 4.79 Å². The maximum atomic E-state index is 11.4. The molecular weight excluding hydrogens is 174 g/mol. The fraction of sp³-hybridized carbons (Fsp3) is 0.375. The number of carboxylic acids is 1. The van der Waals surface area contributed by atoms with Crippen molar-refractivity contribution in [3.05, 3.63) is 18.4 Å². The molecule has 1 unspecified atom stereocenters. The highest BCUT2D eigenvalue weighted by molar-refractivity contribution is 6.06. The number of carboxylic acid groups (broad SMARTS) is 1. The van der Waals surface area contributed by atoms with Crippen molar-refractivity contribution in [1.82, 2.24) is 4.98 Å². The molecule has 0 bridgehead atoms. The van der Waals surface area contributed by atoms with Gasteiger partial charge in [-0.25, -0.2) is 4.98 Å². The molecule has 1 rings (SSSR count). The van der Waals surface area contributed by atoms with Crippen LogP contribution in [0.25, 0.3) is 0 Å². The van der Waals surface area contributed by atoms with Crippen molar-refractivity contribution in [2.45, 2.75) is 13.3 Å². The van der Waals surface area contributed by atoms with Crippen LogP contribution in [0.3, 0.4) is 0 Å². The van der Waals surface area contributed by atoms with E-state index in [1.54, 1.807) is 6.92 Å². The zero-order chi connectivity index (χ0) is 9.84. The summed E-state index contributed by atoms with van der Waals surface area (Å²) in [5.41, 5.74) is 0.0641. The molecule has 70 valence electrons. The van der Waals surface area contributed by atoms with Crippen LogP contribution in [0.2, 0.25) is 0 Å². The zero-order valence-corrected chi connectivity index (χ0v) is 7.06. The minimum Gasteiger partial charge on any atom is -0.481 e.